The minimum absolute atomic E-state index is 0.213. The van der Waals surface area contributed by atoms with Crippen molar-refractivity contribution in [1.29, 1.82) is 0 Å². The summed E-state index contributed by atoms with van der Waals surface area (Å²) in [6.45, 7) is 3.56. The summed E-state index contributed by atoms with van der Waals surface area (Å²) in [4.78, 5) is 3.71. The maximum atomic E-state index is 4.52. The van der Waals surface area contributed by atoms with Crippen molar-refractivity contribution in [2.45, 2.75) is 13.0 Å². The molecule has 0 saturated heterocycles. The van der Waals surface area contributed by atoms with Crippen LogP contribution in [-0.4, -0.2) is 12.4 Å². The molecule has 0 fully saturated rings. The minimum atomic E-state index is 0.213. The van der Waals surface area contributed by atoms with Gasteiger partial charge in [-0.2, -0.15) is 0 Å². The fraction of sp³-hybridized carbons (Fsp3) is 0.500. The molecule has 6 heavy (non-hydrogen) atoms. The average molecular weight is 83.1 g/mol. The summed E-state index contributed by atoms with van der Waals surface area (Å²) >= 11 is 0. The molecule has 0 saturated carbocycles. The quantitative estimate of drug-likeness (QED) is 0.417. The molecule has 1 aliphatic rings. The van der Waals surface area contributed by atoms with Crippen molar-refractivity contribution in [1.82, 2.24) is 0 Å². The van der Waals surface area contributed by atoms with Gasteiger partial charge in [0.2, 0.25) is 0 Å². The van der Waals surface area contributed by atoms with E-state index in [1.165, 1.54) is 0 Å². The molecule has 0 aromatic rings. The van der Waals surface area contributed by atoms with Crippen LogP contribution in [0.4, 0.5) is 0 Å². The van der Waals surface area contributed by atoms with Crippen LogP contribution in [0.15, 0.2) is 4.99 Å². The molecular formula is C4H5NO. The number of hydrogen-bond donors (Lipinski definition) is 0. The van der Waals surface area contributed by atoms with Gasteiger partial charge in [0.25, 0.3) is 6.40 Å². The van der Waals surface area contributed by atoms with Gasteiger partial charge in [-0.25, -0.2) is 4.99 Å². The van der Waals surface area contributed by atoms with Crippen molar-refractivity contribution >= 4 is 6.40 Å². The predicted octanol–water partition coefficient (Wildman–Crippen LogP) is 0.472. The highest BCUT2D eigenvalue weighted by atomic mass is 16.5. The van der Waals surface area contributed by atoms with E-state index in [0.29, 0.717) is 0 Å². The molecule has 0 aliphatic carbocycles. The first-order chi connectivity index (χ1) is 2.89. The number of ether oxygens (including phenoxy) is 1. The Morgan fingerprint density at radius 1 is 2.00 bits per heavy atom. The molecule has 1 atom stereocenters. The van der Waals surface area contributed by atoms with Gasteiger partial charge in [0.1, 0.15) is 0 Å². The summed E-state index contributed by atoms with van der Waals surface area (Å²) in [7, 11) is 0. The van der Waals surface area contributed by atoms with Crippen LogP contribution in [-0.2, 0) is 4.74 Å². The Hall–Kier alpha value is -0.530. The van der Waals surface area contributed by atoms with E-state index in [9.17, 15) is 0 Å². The maximum Gasteiger partial charge on any atom is 0.273 e. The van der Waals surface area contributed by atoms with Crippen LogP contribution in [0.2, 0.25) is 0 Å². The molecule has 1 aliphatic heterocycles. The second kappa shape index (κ2) is 1.29. The fourth-order valence-corrected chi connectivity index (χ4v) is 0.273. The molecular weight excluding hydrogens is 78.1 g/mol. The summed E-state index contributed by atoms with van der Waals surface area (Å²) in [5.41, 5.74) is 0. The Morgan fingerprint density at radius 2 is 2.83 bits per heavy atom. The number of nitrogens with zero attached hydrogens (tertiary/aromatic N) is 1. The predicted molar refractivity (Wildman–Crippen MR) is 22.3 cm³/mol. The van der Waals surface area contributed by atoms with Crippen molar-refractivity contribution in [3.8, 4) is 0 Å². The van der Waals surface area contributed by atoms with Crippen molar-refractivity contribution in [3.05, 3.63) is 6.61 Å². The zero-order valence-corrected chi connectivity index (χ0v) is 3.51. The Labute approximate surface area is 36.8 Å². The van der Waals surface area contributed by atoms with Gasteiger partial charge in [0.15, 0.2) is 6.61 Å². The summed E-state index contributed by atoms with van der Waals surface area (Å²) in [5.74, 6) is 0. The highest BCUT2D eigenvalue weighted by Crippen LogP contribution is 1.99. The SMILES string of the molecule is CC1[CH]O[C]=N1. The third-order valence-electron chi connectivity index (χ3n) is 0.574. The Morgan fingerprint density at radius 3 is 3.00 bits per heavy atom. The second-order valence-electron chi connectivity index (χ2n) is 1.21. The number of hydrogen-bond acceptors (Lipinski definition) is 2. The highest BCUT2D eigenvalue weighted by molar-refractivity contribution is 5.50. The van der Waals surface area contributed by atoms with Crippen LogP contribution in [0.3, 0.4) is 0 Å². The van der Waals surface area contributed by atoms with Gasteiger partial charge < -0.3 is 4.74 Å². The Balaban J connectivity index is 2.38. The lowest BCUT2D eigenvalue weighted by Crippen LogP contribution is -1.89. The van der Waals surface area contributed by atoms with Gasteiger partial charge in [0, 0.05) is 0 Å². The smallest absolute Gasteiger partial charge is 0.273 e. The normalized spacial score (nSPS) is 30.5. The molecule has 1 rings (SSSR count). The molecule has 2 nitrogen and oxygen atoms in total. The third-order valence-corrected chi connectivity index (χ3v) is 0.574. The van der Waals surface area contributed by atoms with E-state index in [0.717, 1.165) is 0 Å². The molecule has 2 radical (unpaired) electrons. The van der Waals surface area contributed by atoms with Crippen LogP contribution in [0.1, 0.15) is 6.92 Å². The van der Waals surface area contributed by atoms with Crippen molar-refractivity contribution < 1.29 is 4.74 Å². The van der Waals surface area contributed by atoms with Gasteiger partial charge in [0.05, 0.1) is 6.04 Å². The second-order valence-corrected chi connectivity index (χ2v) is 1.21. The Kier molecular flexibility index (Phi) is 0.783. The molecule has 0 N–H and O–H groups in total. The van der Waals surface area contributed by atoms with E-state index >= 15 is 0 Å². The lowest BCUT2D eigenvalue weighted by atomic mass is 10.4. The van der Waals surface area contributed by atoms with E-state index in [1.807, 2.05) is 6.92 Å². The minimum Gasteiger partial charge on any atom is -0.464 e. The van der Waals surface area contributed by atoms with Crippen molar-refractivity contribution in [3.63, 3.8) is 0 Å². The fourth-order valence-electron chi connectivity index (χ4n) is 0.273. The van der Waals surface area contributed by atoms with Gasteiger partial charge in [-0.05, 0) is 6.92 Å². The highest BCUT2D eigenvalue weighted by Gasteiger charge is 2.03. The van der Waals surface area contributed by atoms with E-state index < -0.39 is 0 Å². The van der Waals surface area contributed by atoms with Gasteiger partial charge in [-0.15, -0.1) is 0 Å². The van der Waals surface area contributed by atoms with E-state index in [2.05, 4.69) is 16.1 Å². The summed E-state index contributed by atoms with van der Waals surface area (Å²) in [6.07, 6.45) is 2.34. The Bertz CT molecular complexity index is 69.9. The van der Waals surface area contributed by atoms with E-state index in [4.69, 9.17) is 0 Å². The van der Waals surface area contributed by atoms with Crippen LogP contribution >= 0.6 is 0 Å². The molecule has 1 unspecified atom stereocenters. The number of aliphatic imine (C=N–C) groups is 1. The monoisotopic (exact) mass is 83.0 g/mol. The van der Waals surface area contributed by atoms with Crippen LogP contribution in [0.5, 0.6) is 0 Å². The lowest BCUT2D eigenvalue weighted by molar-refractivity contribution is 0.422. The standard InChI is InChI=1S/C4H5NO/c1-4-2-6-3-5-4/h2,4H,1H3. The topological polar surface area (TPSA) is 21.6 Å². The summed E-state index contributed by atoms with van der Waals surface area (Å²) in [5, 5.41) is 0. The van der Waals surface area contributed by atoms with Gasteiger partial charge >= 0.3 is 0 Å². The van der Waals surface area contributed by atoms with Crippen molar-refractivity contribution in [2.75, 3.05) is 0 Å². The van der Waals surface area contributed by atoms with E-state index in [1.54, 1.807) is 6.61 Å². The third kappa shape index (κ3) is 0.506. The average Bonchev–Trinajstić information content (AvgIpc) is 1.86. The molecule has 0 aromatic carbocycles. The molecule has 0 aromatic heterocycles. The zero-order chi connectivity index (χ0) is 4.41. The largest absolute Gasteiger partial charge is 0.464 e. The zero-order valence-electron chi connectivity index (χ0n) is 3.51. The molecule has 1 heterocycles. The first-order valence-electron chi connectivity index (χ1n) is 1.83. The summed E-state index contributed by atoms with van der Waals surface area (Å²) < 4.78 is 4.52. The first-order valence-corrected chi connectivity index (χ1v) is 1.83. The number of rotatable bonds is 0. The van der Waals surface area contributed by atoms with Gasteiger partial charge in [-0.3, -0.25) is 0 Å². The molecule has 0 spiro atoms. The lowest BCUT2D eigenvalue weighted by Gasteiger charge is -1.86. The molecule has 2 heteroatoms. The van der Waals surface area contributed by atoms with Crippen LogP contribution in [0, 0.1) is 6.61 Å². The van der Waals surface area contributed by atoms with E-state index in [-0.39, 0.29) is 6.04 Å². The summed E-state index contributed by atoms with van der Waals surface area (Å²) in [6, 6.07) is 0.213. The molecule has 0 amide bonds. The van der Waals surface area contributed by atoms with Crippen molar-refractivity contribution in [2.24, 2.45) is 4.99 Å². The first kappa shape index (κ1) is 3.65. The molecule has 0 bridgehead atoms. The van der Waals surface area contributed by atoms with Crippen LogP contribution < -0.4 is 0 Å². The van der Waals surface area contributed by atoms with Crippen LogP contribution in [0.25, 0.3) is 0 Å². The maximum absolute atomic E-state index is 4.52. The van der Waals surface area contributed by atoms with Gasteiger partial charge in [-0.1, -0.05) is 0 Å². The molecule has 32 valence electrons.